The Bertz CT molecular complexity index is 768. The summed E-state index contributed by atoms with van der Waals surface area (Å²) in [6.45, 7) is 5.18. The monoisotopic (exact) mass is 420 g/mol. The molecule has 0 saturated carbocycles. The van der Waals surface area contributed by atoms with Gasteiger partial charge in [-0.25, -0.2) is 0 Å². The second kappa shape index (κ2) is 11.4. The molecule has 1 aliphatic heterocycles. The first-order chi connectivity index (χ1) is 14.2. The quantitative estimate of drug-likeness (QED) is 0.616. The summed E-state index contributed by atoms with van der Waals surface area (Å²) in [5, 5.41) is 14.5. The minimum Gasteiger partial charge on any atom is -0.493 e. The van der Waals surface area contributed by atoms with Gasteiger partial charge in [0.1, 0.15) is 12.7 Å². The number of para-hydroxylation sites is 1. The fourth-order valence-electron chi connectivity index (χ4n) is 3.33. The third-order valence-electron chi connectivity index (χ3n) is 4.81. The molecule has 7 heteroatoms. The lowest BCUT2D eigenvalue weighted by Gasteiger charge is -2.28. The van der Waals surface area contributed by atoms with Gasteiger partial charge < -0.3 is 24.6 Å². The molecule has 1 heterocycles. The molecule has 29 heavy (non-hydrogen) atoms. The van der Waals surface area contributed by atoms with E-state index >= 15 is 0 Å². The first kappa shape index (κ1) is 21.9. The van der Waals surface area contributed by atoms with Crippen LogP contribution in [0.5, 0.6) is 11.5 Å². The van der Waals surface area contributed by atoms with Gasteiger partial charge in [0.25, 0.3) is 0 Å². The summed E-state index contributed by atoms with van der Waals surface area (Å²) in [5.41, 5.74) is 2.09. The first-order valence-electron chi connectivity index (χ1n) is 9.87. The molecule has 1 unspecified atom stereocenters. The van der Waals surface area contributed by atoms with Gasteiger partial charge in [0, 0.05) is 43.3 Å². The van der Waals surface area contributed by atoms with Crippen molar-refractivity contribution in [1.29, 1.82) is 0 Å². The lowest BCUT2D eigenvalue weighted by Crippen LogP contribution is -2.42. The molecule has 3 rings (SSSR count). The van der Waals surface area contributed by atoms with Gasteiger partial charge in [0.2, 0.25) is 0 Å². The van der Waals surface area contributed by atoms with Crippen LogP contribution < -0.4 is 14.8 Å². The van der Waals surface area contributed by atoms with E-state index in [0.29, 0.717) is 44.3 Å². The number of nitrogens with zero attached hydrogens (tertiary/aromatic N) is 1. The van der Waals surface area contributed by atoms with Crippen LogP contribution in [0.2, 0.25) is 5.02 Å². The molecular formula is C22H29ClN2O4. The van der Waals surface area contributed by atoms with E-state index in [2.05, 4.69) is 10.2 Å². The van der Waals surface area contributed by atoms with Gasteiger partial charge in [0.15, 0.2) is 11.5 Å². The van der Waals surface area contributed by atoms with Gasteiger partial charge in [-0.3, -0.25) is 4.90 Å². The smallest absolute Gasteiger partial charge is 0.165 e. The summed E-state index contributed by atoms with van der Waals surface area (Å²) in [4.78, 5) is 2.19. The predicted molar refractivity (Wildman–Crippen MR) is 114 cm³/mol. The predicted octanol–water partition coefficient (Wildman–Crippen LogP) is 2.71. The number of aliphatic hydroxyl groups excluding tert-OH is 1. The number of benzene rings is 2. The summed E-state index contributed by atoms with van der Waals surface area (Å²) in [6, 6.07) is 13.6. The number of β-amino-alcohol motifs (C(OH)–C–C–N with tert-alkyl or cyclic N) is 1. The van der Waals surface area contributed by atoms with E-state index in [4.69, 9.17) is 25.8 Å². The molecule has 0 amide bonds. The van der Waals surface area contributed by atoms with Crippen LogP contribution >= 0.6 is 11.6 Å². The molecule has 0 radical (unpaired) electrons. The lowest BCUT2D eigenvalue weighted by atomic mass is 10.1. The highest BCUT2D eigenvalue weighted by Crippen LogP contribution is 2.31. The van der Waals surface area contributed by atoms with Crippen LogP contribution in [0.15, 0.2) is 42.5 Å². The third kappa shape index (κ3) is 6.87. The highest BCUT2D eigenvalue weighted by molar-refractivity contribution is 6.30. The summed E-state index contributed by atoms with van der Waals surface area (Å²) in [5.74, 6) is 1.32. The van der Waals surface area contributed by atoms with Crippen molar-refractivity contribution in [2.75, 3.05) is 46.6 Å². The Kier molecular flexibility index (Phi) is 8.58. The van der Waals surface area contributed by atoms with E-state index in [1.807, 2.05) is 42.5 Å². The van der Waals surface area contributed by atoms with E-state index < -0.39 is 6.10 Å². The summed E-state index contributed by atoms with van der Waals surface area (Å²) in [7, 11) is 1.62. The minimum atomic E-state index is -0.578. The Hall–Kier alpha value is -1.83. The molecule has 1 fully saturated rings. The van der Waals surface area contributed by atoms with Crippen LogP contribution in [-0.2, 0) is 17.8 Å². The van der Waals surface area contributed by atoms with Crippen LogP contribution in [0.3, 0.4) is 0 Å². The van der Waals surface area contributed by atoms with E-state index in [1.165, 1.54) is 0 Å². The molecule has 0 spiro atoms. The van der Waals surface area contributed by atoms with E-state index in [0.717, 1.165) is 29.2 Å². The average Bonchev–Trinajstić information content (AvgIpc) is 2.73. The van der Waals surface area contributed by atoms with Crippen LogP contribution in [0, 0.1) is 0 Å². The second-order valence-electron chi connectivity index (χ2n) is 7.06. The minimum absolute atomic E-state index is 0.207. The normalized spacial score (nSPS) is 15.8. The van der Waals surface area contributed by atoms with Gasteiger partial charge in [-0.2, -0.15) is 0 Å². The molecule has 2 aromatic rings. The van der Waals surface area contributed by atoms with Crippen molar-refractivity contribution < 1.29 is 19.3 Å². The van der Waals surface area contributed by atoms with Crippen molar-refractivity contribution in [2.24, 2.45) is 0 Å². The van der Waals surface area contributed by atoms with Crippen LogP contribution in [0.25, 0.3) is 0 Å². The number of halogens is 1. The fourth-order valence-corrected chi connectivity index (χ4v) is 3.54. The number of rotatable bonds is 10. The Morgan fingerprint density at radius 3 is 2.72 bits per heavy atom. The maximum absolute atomic E-state index is 10.4. The van der Waals surface area contributed by atoms with Crippen LogP contribution in [-0.4, -0.2) is 62.7 Å². The highest BCUT2D eigenvalue weighted by atomic mass is 35.5. The van der Waals surface area contributed by atoms with Crippen molar-refractivity contribution in [2.45, 2.75) is 19.2 Å². The first-order valence-corrected chi connectivity index (χ1v) is 10.3. The van der Waals surface area contributed by atoms with Crippen molar-refractivity contribution in [3.63, 3.8) is 0 Å². The van der Waals surface area contributed by atoms with Gasteiger partial charge in [-0.15, -0.1) is 0 Å². The van der Waals surface area contributed by atoms with Crippen molar-refractivity contribution >= 4 is 11.6 Å². The number of ether oxygens (including phenoxy) is 3. The number of aliphatic hydroxyl groups is 1. The maximum atomic E-state index is 10.4. The number of hydrogen-bond donors (Lipinski definition) is 2. The van der Waals surface area contributed by atoms with Crippen molar-refractivity contribution in [3.05, 3.63) is 58.6 Å². The number of methoxy groups -OCH3 is 1. The molecule has 6 nitrogen and oxygen atoms in total. The Morgan fingerprint density at radius 1 is 1.17 bits per heavy atom. The molecule has 2 aromatic carbocycles. The van der Waals surface area contributed by atoms with Crippen LogP contribution in [0.1, 0.15) is 11.1 Å². The van der Waals surface area contributed by atoms with Gasteiger partial charge in [-0.1, -0.05) is 35.9 Å². The van der Waals surface area contributed by atoms with Gasteiger partial charge in [0.05, 0.1) is 20.3 Å². The van der Waals surface area contributed by atoms with E-state index in [9.17, 15) is 5.11 Å². The maximum Gasteiger partial charge on any atom is 0.165 e. The van der Waals surface area contributed by atoms with E-state index in [-0.39, 0.29) is 6.61 Å². The fraction of sp³-hybridized carbons (Fsp3) is 0.455. The molecule has 0 bridgehead atoms. The molecule has 0 aliphatic carbocycles. The number of nitrogens with one attached hydrogen (secondary N) is 1. The van der Waals surface area contributed by atoms with Gasteiger partial charge in [-0.05, 0) is 23.8 Å². The molecule has 1 saturated heterocycles. The molecule has 0 aromatic heterocycles. The van der Waals surface area contributed by atoms with Crippen molar-refractivity contribution in [3.8, 4) is 11.5 Å². The van der Waals surface area contributed by atoms with Crippen molar-refractivity contribution in [1.82, 2.24) is 10.2 Å². The molecule has 158 valence electrons. The Labute approximate surface area is 177 Å². The molecular weight excluding hydrogens is 392 g/mol. The number of morpholine rings is 1. The van der Waals surface area contributed by atoms with Crippen LogP contribution in [0.4, 0.5) is 0 Å². The topological polar surface area (TPSA) is 63.2 Å². The standard InChI is InChI=1S/C22H29ClN2O4/c1-27-21-7-3-5-18(14-24-13-17-4-2-6-19(23)12-17)22(21)29-16-20(26)15-25-8-10-28-11-9-25/h2-7,12,20,24,26H,8-11,13-16H2,1H3. The van der Waals surface area contributed by atoms with E-state index in [1.54, 1.807) is 7.11 Å². The zero-order valence-corrected chi connectivity index (χ0v) is 17.5. The Balaban J connectivity index is 1.56. The third-order valence-corrected chi connectivity index (χ3v) is 5.04. The molecule has 2 N–H and O–H groups in total. The SMILES string of the molecule is COc1cccc(CNCc2cccc(Cl)c2)c1OCC(O)CN1CCOCC1. The highest BCUT2D eigenvalue weighted by Gasteiger charge is 2.17. The largest absolute Gasteiger partial charge is 0.493 e. The summed E-state index contributed by atoms with van der Waals surface area (Å²) < 4.78 is 16.8. The van der Waals surface area contributed by atoms with Gasteiger partial charge >= 0.3 is 0 Å². The summed E-state index contributed by atoms with van der Waals surface area (Å²) >= 11 is 6.05. The average molecular weight is 421 g/mol. The zero-order valence-electron chi connectivity index (χ0n) is 16.8. The lowest BCUT2D eigenvalue weighted by molar-refractivity contribution is 0.00436. The summed E-state index contributed by atoms with van der Waals surface area (Å²) in [6.07, 6.45) is -0.578. The molecule has 1 aliphatic rings. The molecule has 1 atom stereocenters. The number of hydrogen-bond acceptors (Lipinski definition) is 6. The second-order valence-corrected chi connectivity index (χ2v) is 7.50. The zero-order chi connectivity index (χ0) is 20.5. The Morgan fingerprint density at radius 2 is 1.97 bits per heavy atom.